The molecule has 1 unspecified atom stereocenters. The highest BCUT2D eigenvalue weighted by atomic mass is 35.5. The second-order valence-corrected chi connectivity index (χ2v) is 8.06. The number of benzene rings is 1. The number of nitrogens with zero attached hydrogens (tertiary/aromatic N) is 4. The summed E-state index contributed by atoms with van der Waals surface area (Å²) >= 11 is 6.04. The van der Waals surface area contributed by atoms with Gasteiger partial charge in [0.1, 0.15) is 11.8 Å². The third-order valence-corrected chi connectivity index (χ3v) is 5.89. The van der Waals surface area contributed by atoms with Crippen molar-refractivity contribution in [2.45, 2.75) is 32.2 Å². The zero-order chi connectivity index (χ0) is 19.1. The van der Waals surface area contributed by atoms with Gasteiger partial charge in [0.25, 0.3) is 6.01 Å². The van der Waals surface area contributed by atoms with Crippen molar-refractivity contribution in [1.82, 2.24) is 15.0 Å². The molecule has 1 aromatic carbocycles. The first-order valence-electron chi connectivity index (χ1n) is 9.66. The van der Waals surface area contributed by atoms with Crippen LogP contribution in [0.2, 0.25) is 5.02 Å². The Morgan fingerprint density at radius 2 is 2.25 bits per heavy atom. The highest BCUT2D eigenvalue weighted by Gasteiger charge is 2.29. The number of halogens is 1. The average Bonchev–Trinajstić information content (AvgIpc) is 3.33. The molecular formula is C20H21ClN4O3. The minimum Gasteiger partial charge on any atom is -0.423 e. The first-order valence-corrected chi connectivity index (χ1v) is 10.0. The van der Waals surface area contributed by atoms with Crippen LogP contribution in [-0.4, -0.2) is 40.6 Å². The number of hydrogen-bond acceptors (Lipinski definition) is 6. The van der Waals surface area contributed by atoms with Gasteiger partial charge in [-0.25, -0.2) is 0 Å². The van der Waals surface area contributed by atoms with Gasteiger partial charge in [0, 0.05) is 49.1 Å². The number of carbonyl (C=O) groups is 1. The number of oxazole rings is 1. The zero-order valence-corrected chi connectivity index (χ0v) is 16.2. The van der Waals surface area contributed by atoms with Gasteiger partial charge in [-0.3, -0.25) is 4.79 Å². The number of anilines is 1. The lowest BCUT2D eigenvalue weighted by atomic mass is 9.94. The molecule has 1 amide bonds. The summed E-state index contributed by atoms with van der Waals surface area (Å²) in [6, 6.07) is 6.08. The first kappa shape index (κ1) is 17.6. The van der Waals surface area contributed by atoms with Crippen LogP contribution in [0.15, 0.2) is 33.4 Å². The smallest absolute Gasteiger partial charge is 0.298 e. The van der Waals surface area contributed by atoms with Crippen molar-refractivity contribution in [3.05, 3.63) is 40.7 Å². The van der Waals surface area contributed by atoms with E-state index < -0.39 is 0 Å². The van der Waals surface area contributed by atoms with Gasteiger partial charge in [-0.15, -0.1) is 0 Å². The van der Waals surface area contributed by atoms with Crippen molar-refractivity contribution in [2.24, 2.45) is 5.92 Å². The minimum absolute atomic E-state index is 0.197. The number of fused-ring (bicyclic) bond motifs is 2. The molecule has 1 fully saturated rings. The van der Waals surface area contributed by atoms with Crippen LogP contribution < -0.4 is 4.90 Å². The molecule has 28 heavy (non-hydrogen) atoms. The molecule has 0 N–H and O–H groups in total. The van der Waals surface area contributed by atoms with E-state index in [2.05, 4.69) is 15.0 Å². The van der Waals surface area contributed by atoms with Gasteiger partial charge in [0.15, 0.2) is 5.58 Å². The Labute approximate surface area is 167 Å². The van der Waals surface area contributed by atoms with Gasteiger partial charge >= 0.3 is 0 Å². The van der Waals surface area contributed by atoms with Crippen LogP contribution in [0.25, 0.3) is 11.1 Å². The molecule has 2 aliphatic rings. The van der Waals surface area contributed by atoms with Crippen LogP contribution in [0, 0.1) is 5.92 Å². The van der Waals surface area contributed by atoms with E-state index >= 15 is 0 Å². The average molecular weight is 401 g/mol. The van der Waals surface area contributed by atoms with Crippen molar-refractivity contribution in [1.29, 1.82) is 0 Å². The standard InChI is InChI=1S/C20H21ClN4O3/c21-15-3-4-17-18(9-15)28-20(22-17)25-6-1-2-13(10-25)8-19(26)24-7-5-16-14(11-24)12-27-23-16/h3-4,9,12-13H,1-2,5-8,10-11H2. The molecule has 0 aliphatic carbocycles. The van der Waals surface area contributed by atoms with Crippen LogP contribution in [0.3, 0.4) is 0 Å². The number of rotatable bonds is 3. The molecule has 3 aromatic rings. The first-order chi connectivity index (χ1) is 13.7. The maximum atomic E-state index is 12.8. The molecule has 0 radical (unpaired) electrons. The summed E-state index contributed by atoms with van der Waals surface area (Å²) in [7, 11) is 0. The lowest BCUT2D eigenvalue weighted by Gasteiger charge is -2.33. The predicted octanol–water partition coefficient (Wildman–Crippen LogP) is 3.66. The lowest BCUT2D eigenvalue weighted by Crippen LogP contribution is -2.40. The minimum atomic E-state index is 0.197. The molecule has 0 spiro atoms. The summed E-state index contributed by atoms with van der Waals surface area (Å²) < 4.78 is 10.9. The molecule has 2 aliphatic heterocycles. The molecule has 4 heterocycles. The Balaban J connectivity index is 1.24. The SMILES string of the molecule is O=C(CC1CCCN(c2nc3ccc(Cl)cc3o2)C1)N1CCc2nocc2C1. The van der Waals surface area contributed by atoms with E-state index in [0.29, 0.717) is 42.0 Å². The Morgan fingerprint density at radius 1 is 1.32 bits per heavy atom. The fourth-order valence-electron chi connectivity index (χ4n) is 4.16. The third kappa shape index (κ3) is 3.35. The molecule has 146 valence electrons. The van der Waals surface area contributed by atoms with Gasteiger partial charge in [-0.05, 0) is 30.9 Å². The lowest BCUT2D eigenvalue weighted by molar-refractivity contribution is -0.133. The maximum Gasteiger partial charge on any atom is 0.298 e. The van der Waals surface area contributed by atoms with Crippen LogP contribution in [0.5, 0.6) is 0 Å². The summed E-state index contributed by atoms with van der Waals surface area (Å²) in [6.07, 6.45) is 5.02. The van der Waals surface area contributed by atoms with Gasteiger partial charge in [-0.2, -0.15) is 4.98 Å². The molecule has 1 saturated heterocycles. The van der Waals surface area contributed by atoms with E-state index in [4.69, 9.17) is 20.5 Å². The van der Waals surface area contributed by atoms with Crippen molar-refractivity contribution in [3.63, 3.8) is 0 Å². The largest absolute Gasteiger partial charge is 0.423 e. The molecule has 0 bridgehead atoms. The molecule has 2 aromatic heterocycles. The summed E-state index contributed by atoms with van der Waals surface area (Å²) in [5.74, 6) is 0.492. The van der Waals surface area contributed by atoms with E-state index in [1.807, 2.05) is 17.0 Å². The van der Waals surface area contributed by atoms with E-state index in [1.165, 1.54) is 0 Å². The van der Waals surface area contributed by atoms with E-state index in [0.717, 1.165) is 49.1 Å². The van der Waals surface area contributed by atoms with Crippen LogP contribution in [0.4, 0.5) is 6.01 Å². The predicted molar refractivity (Wildman–Crippen MR) is 104 cm³/mol. The zero-order valence-electron chi connectivity index (χ0n) is 15.4. The molecular weight excluding hydrogens is 380 g/mol. The summed E-state index contributed by atoms with van der Waals surface area (Å²) in [6.45, 7) is 2.97. The van der Waals surface area contributed by atoms with Crippen LogP contribution in [-0.2, 0) is 17.8 Å². The van der Waals surface area contributed by atoms with Crippen molar-refractivity contribution >= 4 is 34.6 Å². The van der Waals surface area contributed by atoms with E-state index in [9.17, 15) is 4.79 Å². The number of aromatic nitrogens is 2. The highest BCUT2D eigenvalue weighted by molar-refractivity contribution is 6.31. The van der Waals surface area contributed by atoms with Crippen molar-refractivity contribution < 1.29 is 13.7 Å². The molecule has 7 nitrogen and oxygen atoms in total. The number of piperidine rings is 1. The van der Waals surface area contributed by atoms with Gasteiger partial charge in [-0.1, -0.05) is 16.8 Å². The van der Waals surface area contributed by atoms with Crippen molar-refractivity contribution in [3.8, 4) is 0 Å². The summed E-state index contributed by atoms with van der Waals surface area (Å²) in [4.78, 5) is 21.5. The Hall–Kier alpha value is -2.54. The fourth-order valence-corrected chi connectivity index (χ4v) is 4.32. The second kappa shape index (κ2) is 7.13. The Kier molecular flexibility index (Phi) is 4.47. The van der Waals surface area contributed by atoms with Gasteiger partial charge in [0.2, 0.25) is 5.91 Å². The monoisotopic (exact) mass is 400 g/mol. The van der Waals surface area contributed by atoms with E-state index in [-0.39, 0.29) is 5.91 Å². The number of amides is 1. The summed E-state index contributed by atoms with van der Waals surface area (Å²) in [5.41, 5.74) is 3.49. The van der Waals surface area contributed by atoms with Gasteiger partial charge < -0.3 is 18.7 Å². The molecule has 1 atom stereocenters. The maximum absolute atomic E-state index is 12.8. The molecule has 0 saturated carbocycles. The fraction of sp³-hybridized carbons (Fsp3) is 0.450. The van der Waals surface area contributed by atoms with E-state index in [1.54, 1.807) is 12.3 Å². The quantitative estimate of drug-likeness (QED) is 0.667. The van der Waals surface area contributed by atoms with Crippen LogP contribution in [0.1, 0.15) is 30.5 Å². The Bertz CT molecular complexity index is 1010. The normalized spacial score (nSPS) is 19.8. The molecule has 5 rings (SSSR count). The number of hydrogen-bond donors (Lipinski definition) is 0. The number of carbonyl (C=O) groups excluding carboxylic acids is 1. The third-order valence-electron chi connectivity index (χ3n) is 5.65. The highest BCUT2D eigenvalue weighted by Crippen LogP contribution is 2.29. The Morgan fingerprint density at radius 3 is 3.18 bits per heavy atom. The topological polar surface area (TPSA) is 75.6 Å². The molecule has 8 heteroatoms. The van der Waals surface area contributed by atoms with Crippen LogP contribution >= 0.6 is 11.6 Å². The summed E-state index contributed by atoms with van der Waals surface area (Å²) in [5, 5.41) is 4.62. The second-order valence-electron chi connectivity index (χ2n) is 7.62. The van der Waals surface area contributed by atoms with Gasteiger partial charge in [0.05, 0.1) is 12.2 Å². The van der Waals surface area contributed by atoms with Crippen molar-refractivity contribution in [2.75, 3.05) is 24.5 Å².